The van der Waals surface area contributed by atoms with Crippen LogP contribution in [0.3, 0.4) is 0 Å². The van der Waals surface area contributed by atoms with E-state index in [2.05, 4.69) is 55.2 Å². The monoisotopic (exact) mass is 865 g/mol. The number of aromatic amines is 1. The van der Waals surface area contributed by atoms with E-state index in [0.29, 0.717) is 60.9 Å². The molecule has 17 heteroatoms. The zero-order valence-corrected chi connectivity index (χ0v) is 36.1. The number of nitrogens with zero attached hydrogens (tertiary/aromatic N) is 9. The van der Waals surface area contributed by atoms with Gasteiger partial charge in [0, 0.05) is 85.2 Å². The molecular weight excluding hydrogens is 818 g/mol. The molecule has 12 rings (SSSR count). The molecule has 4 aromatic heterocycles. The zero-order valence-electron chi connectivity index (χ0n) is 36.1. The number of nitrogens with one attached hydrogen (secondary N) is 2. The number of fused-ring (bicyclic) bond motifs is 3. The number of H-pyrrole nitrogens is 1. The first-order valence-corrected chi connectivity index (χ1v) is 22.0. The van der Waals surface area contributed by atoms with Crippen LogP contribution in [-0.2, 0) is 35.0 Å². The van der Waals surface area contributed by atoms with Crippen molar-refractivity contribution in [2.45, 2.75) is 76.1 Å². The number of halogens is 1. The number of anilines is 1. The summed E-state index contributed by atoms with van der Waals surface area (Å²) in [5.74, 6) is -0.540. The molecule has 4 fully saturated rings. The number of carbonyl (C=O) groups excluding carboxylic acids is 2. The number of morpholine rings is 1. The number of hydrogen-bond acceptors (Lipinski definition) is 9. The molecule has 3 unspecified atom stereocenters. The molecule has 1 spiro atoms. The summed E-state index contributed by atoms with van der Waals surface area (Å²) in [4.78, 5) is 53.7. The van der Waals surface area contributed by atoms with Gasteiger partial charge in [-0.15, -0.1) is 5.06 Å². The molecule has 7 heterocycles. The molecule has 2 saturated carbocycles. The first-order chi connectivity index (χ1) is 30.9. The number of imidazole rings is 1. The molecule has 2 amide bonds. The van der Waals surface area contributed by atoms with E-state index < -0.39 is 23.6 Å². The fraction of sp³-hybridized carbons (Fsp3) is 0.383. The van der Waals surface area contributed by atoms with Crippen molar-refractivity contribution >= 4 is 39.5 Å². The van der Waals surface area contributed by atoms with Gasteiger partial charge in [0.05, 0.1) is 59.1 Å². The van der Waals surface area contributed by atoms with Crippen molar-refractivity contribution in [2.24, 2.45) is 7.05 Å². The van der Waals surface area contributed by atoms with E-state index in [-0.39, 0.29) is 29.7 Å². The Kier molecular flexibility index (Phi) is 8.45. The van der Waals surface area contributed by atoms with Gasteiger partial charge in [-0.2, -0.15) is 10.2 Å². The highest BCUT2D eigenvalue weighted by atomic mass is 19.1. The van der Waals surface area contributed by atoms with Crippen LogP contribution >= 0.6 is 0 Å². The van der Waals surface area contributed by atoms with E-state index in [1.165, 1.54) is 0 Å². The zero-order chi connectivity index (χ0) is 43.8. The molecule has 16 nitrogen and oxygen atoms in total. The van der Waals surface area contributed by atoms with Crippen LogP contribution in [0.2, 0.25) is 0 Å². The van der Waals surface area contributed by atoms with Gasteiger partial charge in [0.1, 0.15) is 18.2 Å². The summed E-state index contributed by atoms with van der Waals surface area (Å²) in [6.45, 7) is 8.49. The Balaban J connectivity index is 1.11. The Hall–Kier alpha value is -6.72. The van der Waals surface area contributed by atoms with Crippen molar-refractivity contribution < 1.29 is 23.6 Å². The first-order valence-electron chi connectivity index (χ1n) is 22.0. The molecule has 5 aliphatic rings. The minimum atomic E-state index is -0.803. The molecule has 3 aliphatic heterocycles. The molecule has 2 aliphatic carbocycles. The average molecular weight is 866 g/mol. The Bertz CT molecular complexity index is 3130. The Morgan fingerprint density at radius 1 is 0.938 bits per heavy atom. The van der Waals surface area contributed by atoms with Gasteiger partial charge in [-0.3, -0.25) is 23.7 Å². The van der Waals surface area contributed by atoms with E-state index in [1.807, 2.05) is 42.3 Å². The quantitative estimate of drug-likeness (QED) is 0.206. The van der Waals surface area contributed by atoms with Gasteiger partial charge in [0.2, 0.25) is 0 Å². The van der Waals surface area contributed by atoms with Crippen LogP contribution in [0, 0.1) is 19.7 Å². The van der Waals surface area contributed by atoms with Gasteiger partial charge in [-0.25, -0.2) is 14.0 Å². The van der Waals surface area contributed by atoms with Gasteiger partial charge in [0.25, 0.3) is 5.91 Å². The second-order valence-corrected chi connectivity index (χ2v) is 18.5. The maximum atomic E-state index is 15.8. The van der Waals surface area contributed by atoms with Crippen LogP contribution in [0.25, 0.3) is 33.2 Å². The van der Waals surface area contributed by atoms with Crippen molar-refractivity contribution in [3.63, 3.8) is 0 Å². The summed E-state index contributed by atoms with van der Waals surface area (Å²) in [7, 11) is 1.88. The number of hydrogen-bond donors (Lipinski definition) is 2. The second kappa shape index (κ2) is 13.9. The van der Waals surface area contributed by atoms with E-state index >= 15 is 14.0 Å². The summed E-state index contributed by atoms with van der Waals surface area (Å²) in [6, 6.07) is 14.8. The van der Waals surface area contributed by atoms with Crippen LogP contribution < -0.4 is 15.9 Å². The third-order valence-corrected chi connectivity index (χ3v) is 14.8. The number of rotatable bonds is 7. The van der Waals surface area contributed by atoms with Gasteiger partial charge in [-0.1, -0.05) is 19.1 Å². The molecule has 2 N–H and O–H groups in total. The Morgan fingerprint density at radius 2 is 1.72 bits per heavy atom. The Morgan fingerprint density at radius 3 is 2.48 bits per heavy atom. The lowest BCUT2D eigenvalue weighted by atomic mass is 9.79. The molecular formula is C47H48FN11O5. The van der Waals surface area contributed by atoms with Crippen molar-refractivity contribution in [1.29, 1.82) is 0 Å². The summed E-state index contributed by atoms with van der Waals surface area (Å²) in [5.41, 5.74) is 6.48. The van der Waals surface area contributed by atoms with Crippen LogP contribution in [-0.4, -0.2) is 100 Å². The van der Waals surface area contributed by atoms with Crippen molar-refractivity contribution in [3.05, 3.63) is 123 Å². The molecule has 328 valence electrons. The maximum absolute atomic E-state index is 15.8. The molecule has 3 atom stereocenters. The van der Waals surface area contributed by atoms with Gasteiger partial charge < -0.3 is 29.3 Å². The van der Waals surface area contributed by atoms with Gasteiger partial charge >= 0.3 is 11.8 Å². The normalized spacial score (nSPS) is 22.9. The second-order valence-electron chi connectivity index (χ2n) is 18.5. The highest BCUT2D eigenvalue weighted by molar-refractivity contribution is 6.07. The highest BCUT2D eigenvalue weighted by Crippen LogP contribution is 2.62. The molecule has 2 saturated heterocycles. The topological polar surface area (TPSA) is 153 Å². The summed E-state index contributed by atoms with van der Waals surface area (Å²) in [6.07, 6.45) is 10.2. The van der Waals surface area contributed by atoms with Gasteiger partial charge in [-0.05, 0) is 86.2 Å². The molecule has 0 bridgehead atoms. The predicted octanol–water partition coefficient (Wildman–Crippen LogP) is 5.70. The maximum Gasteiger partial charge on any atom is 0.427 e. The SMILES string of the molecule is Cc1cc(C2(C)C(N3CNC(=O)O3)C2n2c(C(=O)N3CCc4[nH]ncc4C3)c(-n3ccn(-c4ccc5c(cnn5C)c4)c3=O)c3cc(N4CCOC5(CCC5)C4)ccc32)cc(C)c1F. The number of aromatic nitrogens is 7. The van der Waals surface area contributed by atoms with E-state index in [0.717, 1.165) is 70.1 Å². The molecule has 0 radical (unpaired) electrons. The number of ether oxygens (including phenoxy) is 1. The number of carbonyl (C=O) groups is 2. The van der Waals surface area contributed by atoms with E-state index in [4.69, 9.17) is 9.57 Å². The van der Waals surface area contributed by atoms with Crippen molar-refractivity contribution in [3.8, 4) is 11.4 Å². The smallest absolute Gasteiger partial charge is 0.371 e. The number of benzene rings is 3. The third-order valence-electron chi connectivity index (χ3n) is 14.8. The Labute approximate surface area is 366 Å². The van der Waals surface area contributed by atoms with Crippen molar-refractivity contribution in [1.82, 2.24) is 49.0 Å². The van der Waals surface area contributed by atoms with Crippen LogP contribution in [0.15, 0.2) is 78.1 Å². The molecule has 7 aromatic rings. The van der Waals surface area contributed by atoms with Gasteiger partial charge in [0.15, 0.2) is 0 Å². The van der Waals surface area contributed by atoms with Crippen LogP contribution in [0.5, 0.6) is 0 Å². The van der Waals surface area contributed by atoms with Crippen LogP contribution in [0.4, 0.5) is 14.9 Å². The first kappa shape index (κ1) is 38.9. The number of hydroxylamine groups is 2. The number of amides is 2. The van der Waals surface area contributed by atoms with E-state index in [9.17, 15) is 4.79 Å². The van der Waals surface area contributed by atoms with Crippen molar-refractivity contribution in [2.75, 3.05) is 37.8 Å². The summed E-state index contributed by atoms with van der Waals surface area (Å²) >= 11 is 0. The standard InChI is InChI=1S/C47H48FN11O5/c1-27-18-31(19-28(2)38(27)48)46(3)41(58-26-49-44(61)64-58)42(46)59-37-9-6-32(55-16-17-63-47(25-55)11-5-12-47)21-34(37)39(40(59)43(60)54-13-10-35-30(24-54)22-50-52-35)57-15-14-56(45(57)62)33-7-8-36-29(20-33)23-51-53(36)4/h6-9,14-15,18-23,41-42H,5,10-13,16-17,24-26H2,1-4H3,(H,49,61)(H,50,52). The fourth-order valence-corrected chi connectivity index (χ4v) is 11.1. The lowest BCUT2D eigenvalue weighted by molar-refractivity contribution is -0.106. The van der Waals surface area contributed by atoms with E-state index in [1.54, 1.807) is 57.5 Å². The lowest BCUT2D eigenvalue weighted by Gasteiger charge is -2.49. The van der Waals surface area contributed by atoms with Crippen LogP contribution in [0.1, 0.15) is 70.7 Å². The highest BCUT2D eigenvalue weighted by Gasteiger charge is 2.69. The average Bonchev–Trinajstić information content (AvgIpc) is 3.97. The predicted molar refractivity (Wildman–Crippen MR) is 235 cm³/mol. The fourth-order valence-electron chi connectivity index (χ4n) is 11.1. The molecule has 64 heavy (non-hydrogen) atoms. The summed E-state index contributed by atoms with van der Waals surface area (Å²) < 4.78 is 28.7. The molecule has 3 aromatic carbocycles. The lowest BCUT2D eigenvalue weighted by Crippen LogP contribution is -2.55. The minimum absolute atomic E-state index is 0.117. The third kappa shape index (κ3) is 5.68. The summed E-state index contributed by atoms with van der Waals surface area (Å²) in [5, 5.41) is 17.8. The number of aryl methyl sites for hydroxylation is 3. The minimum Gasteiger partial charge on any atom is -0.371 e. The largest absolute Gasteiger partial charge is 0.427 e.